The van der Waals surface area contributed by atoms with Crippen LogP contribution in [0.3, 0.4) is 0 Å². The van der Waals surface area contributed by atoms with Crippen LogP contribution in [-0.2, 0) is 10.0 Å². The van der Waals surface area contributed by atoms with Gasteiger partial charge in [-0.1, -0.05) is 0 Å². The van der Waals surface area contributed by atoms with Gasteiger partial charge in [0.15, 0.2) is 0 Å². The highest BCUT2D eigenvalue weighted by molar-refractivity contribution is 7.89. The molecule has 1 aliphatic heterocycles. The van der Waals surface area contributed by atoms with Crippen molar-refractivity contribution in [2.24, 2.45) is 0 Å². The zero-order chi connectivity index (χ0) is 13.3. The minimum Gasteiger partial charge on any atom is -0.354 e. The molecule has 2 rings (SSSR count). The van der Waals surface area contributed by atoms with E-state index in [-0.39, 0.29) is 10.8 Å². The van der Waals surface area contributed by atoms with Crippen molar-refractivity contribution in [2.45, 2.75) is 24.7 Å². The Bertz CT molecular complexity index is 557. The second kappa shape index (κ2) is 4.99. The third-order valence-corrected chi connectivity index (χ3v) is 6.21. The molecule has 0 saturated carbocycles. The van der Waals surface area contributed by atoms with E-state index in [1.807, 2.05) is 0 Å². The molecule has 1 aliphatic rings. The molecule has 0 unspecified atom stereocenters. The van der Waals surface area contributed by atoms with Gasteiger partial charge in [0.1, 0.15) is 0 Å². The number of sulfonamides is 1. The van der Waals surface area contributed by atoms with E-state index in [4.69, 9.17) is 0 Å². The van der Waals surface area contributed by atoms with Gasteiger partial charge >= 0.3 is 0 Å². The highest BCUT2D eigenvalue weighted by Crippen LogP contribution is 2.29. The normalized spacial score (nSPS) is 17.0. The van der Waals surface area contributed by atoms with Crippen molar-refractivity contribution in [1.29, 1.82) is 0 Å². The minimum atomic E-state index is -3.43. The Labute approximate surface area is 111 Å². The molecule has 0 bridgehead atoms. The van der Waals surface area contributed by atoms with Crippen molar-refractivity contribution in [2.75, 3.05) is 20.1 Å². The van der Waals surface area contributed by atoms with Gasteiger partial charge in [0.25, 0.3) is 5.91 Å². The van der Waals surface area contributed by atoms with Crippen molar-refractivity contribution in [3.05, 3.63) is 15.8 Å². The third kappa shape index (κ3) is 2.30. The van der Waals surface area contributed by atoms with Gasteiger partial charge in [-0.3, -0.25) is 4.79 Å². The maximum Gasteiger partial charge on any atom is 0.261 e. The molecule has 1 fully saturated rings. The molecule has 1 N–H and O–H groups in total. The van der Waals surface area contributed by atoms with Crippen LogP contribution in [0.25, 0.3) is 0 Å². The van der Waals surface area contributed by atoms with Crippen molar-refractivity contribution in [1.82, 2.24) is 9.62 Å². The van der Waals surface area contributed by atoms with Gasteiger partial charge in [-0.15, -0.1) is 11.3 Å². The number of carbonyl (C=O) groups is 1. The first-order valence-corrected chi connectivity index (χ1v) is 8.05. The smallest absolute Gasteiger partial charge is 0.261 e. The van der Waals surface area contributed by atoms with E-state index in [1.54, 1.807) is 6.92 Å². The molecule has 0 aromatic carbocycles. The molecule has 0 aliphatic carbocycles. The number of hydrogen-bond donors (Lipinski definition) is 1. The van der Waals surface area contributed by atoms with Crippen LogP contribution in [0.5, 0.6) is 0 Å². The van der Waals surface area contributed by atoms with E-state index in [1.165, 1.54) is 28.8 Å². The zero-order valence-corrected chi connectivity index (χ0v) is 12.0. The number of thiophene rings is 1. The summed E-state index contributed by atoms with van der Waals surface area (Å²) < 4.78 is 26.3. The molecule has 0 atom stereocenters. The second-order valence-electron chi connectivity index (χ2n) is 4.22. The molecular formula is C11H16N2O3S2. The lowest BCUT2D eigenvalue weighted by molar-refractivity contribution is 0.0967. The first-order chi connectivity index (χ1) is 8.46. The molecule has 18 heavy (non-hydrogen) atoms. The molecule has 1 amide bonds. The van der Waals surface area contributed by atoms with E-state index in [9.17, 15) is 13.2 Å². The topological polar surface area (TPSA) is 66.5 Å². The van der Waals surface area contributed by atoms with Gasteiger partial charge in [-0.2, -0.15) is 4.31 Å². The Hall–Kier alpha value is -0.920. The van der Waals surface area contributed by atoms with E-state index < -0.39 is 10.0 Å². The van der Waals surface area contributed by atoms with Crippen molar-refractivity contribution < 1.29 is 13.2 Å². The van der Waals surface area contributed by atoms with Crippen molar-refractivity contribution in [3.63, 3.8) is 0 Å². The van der Waals surface area contributed by atoms with E-state index in [0.717, 1.165) is 12.8 Å². The van der Waals surface area contributed by atoms with Crippen LogP contribution in [0.2, 0.25) is 0 Å². The molecule has 0 spiro atoms. The van der Waals surface area contributed by atoms with Gasteiger partial charge in [-0.25, -0.2) is 8.42 Å². The molecule has 1 saturated heterocycles. The summed E-state index contributed by atoms with van der Waals surface area (Å²) in [6, 6.07) is 1.48. The lowest BCUT2D eigenvalue weighted by Gasteiger charge is -2.14. The molecule has 5 nitrogen and oxygen atoms in total. The molecule has 7 heteroatoms. The Kier molecular flexibility index (Phi) is 3.74. The first-order valence-electron chi connectivity index (χ1n) is 5.79. The van der Waals surface area contributed by atoms with Crippen molar-refractivity contribution >= 4 is 27.3 Å². The fraction of sp³-hybridized carbons (Fsp3) is 0.545. The zero-order valence-electron chi connectivity index (χ0n) is 10.4. The standard InChI is InChI=1S/C11H16N2O3S2/c1-8-10(7-9(17-8)11(14)12-2)18(15,16)13-5-3-4-6-13/h7H,3-6H2,1-2H3,(H,12,14). The molecule has 0 radical (unpaired) electrons. The highest BCUT2D eigenvalue weighted by atomic mass is 32.2. The molecule has 1 aromatic heterocycles. The van der Waals surface area contributed by atoms with Crippen LogP contribution in [0.1, 0.15) is 27.4 Å². The summed E-state index contributed by atoms with van der Waals surface area (Å²) in [6.45, 7) is 2.89. The summed E-state index contributed by atoms with van der Waals surface area (Å²) in [5.74, 6) is -0.244. The summed E-state index contributed by atoms with van der Waals surface area (Å²) >= 11 is 1.21. The average Bonchev–Trinajstić information content (AvgIpc) is 2.96. The Morgan fingerprint density at radius 1 is 1.39 bits per heavy atom. The van der Waals surface area contributed by atoms with Crippen LogP contribution in [-0.4, -0.2) is 38.8 Å². The lowest BCUT2D eigenvalue weighted by Crippen LogP contribution is -2.28. The predicted molar refractivity (Wildman–Crippen MR) is 70.4 cm³/mol. The molecule has 2 heterocycles. The van der Waals surface area contributed by atoms with Gasteiger partial charge in [0.05, 0.1) is 9.77 Å². The first kappa shape index (κ1) is 13.5. The second-order valence-corrected chi connectivity index (χ2v) is 7.38. The van der Waals surface area contributed by atoms with E-state index in [2.05, 4.69) is 5.32 Å². The van der Waals surface area contributed by atoms with Crippen LogP contribution in [0.4, 0.5) is 0 Å². The molecule has 1 aromatic rings. The van der Waals surface area contributed by atoms with Crippen molar-refractivity contribution in [3.8, 4) is 0 Å². The number of nitrogens with zero attached hydrogens (tertiary/aromatic N) is 1. The molecular weight excluding hydrogens is 272 g/mol. The summed E-state index contributed by atoms with van der Waals surface area (Å²) in [7, 11) is -1.89. The van der Waals surface area contributed by atoms with Crippen LogP contribution < -0.4 is 5.32 Å². The third-order valence-electron chi connectivity index (χ3n) is 3.01. The SMILES string of the molecule is CNC(=O)c1cc(S(=O)(=O)N2CCCC2)c(C)s1. The van der Waals surface area contributed by atoms with Gasteiger partial charge in [0.2, 0.25) is 10.0 Å². The largest absolute Gasteiger partial charge is 0.354 e. The fourth-order valence-electron chi connectivity index (χ4n) is 2.02. The van der Waals surface area contributed by atoms with E-state index >= 15 is 0 Å². The quantitative estimate of drug-likeness (QED) is 0.909. The summed E-state index contributed by atoms with van der Waals surface area (Å²) in [4.78, 5) is 12.9. The minimum absolute atomic E-state index is 0.244. The monoisotopic (exact) mass is 288 g/mol. The predicted octanol–water partition coefficient (Wildman–Crippen LogP) is 1.20. The van der Waals surface area contributed by atoms with E-state index in [0.29, 0.717) is 22.8 Å². The van der Waals surface area contributed by atoms with Crippen LogP contribution in [0.15, 0.2) is 11.0 Å². The Morgan fingerprint density at radius 2 is 2.00 bits per heavy atom. The maximum atomic E-state index is 12.4. The summed E-state index contributed by atoms with van der Waals surface area (Å²) in [5, 5.41) is 2.51. The number of carbonyl (C=O) groups excluding carboxylic acids is 1. The lowest BCUT2D eigenvalue weighted by atomic mass is 10.4. The Morgan fingerprint density at radius 3 is 2.56 bits per heavy atom. The van der Waals surface area contributed by atoms with Gasteiger partial charge in [0, 0.05) is 25.0 Å². The fourth-order valence-corrected chi connectivity index (χ4v) is 5.05. The maximum absolute atomic E-state index is 12.4. The van der Waals surface area contributed by atoms with Crippen LogP contribution in [0, 0.1) is 6.92 Å². The van der Waals surface area contributed by atoms with Gasteiger partial charge < -0.3 is 5.32 Å². The van der Waals surface area contributed by atoms with Crippen LogP contribution >= 0.6 is 11.3 Å². The number of aryl methyl sites for hydroxylation is 1. The number of amides is 1. The van der Waals surface area contributed by atoms with Gasteiger partial charge in [-0.05, 0) is 25.8 Å². The summed E-state index contributed by atoms with van der Waals surface area (Å²) in [6.07, 6.45) is 1.81. The number of hydrogen-bond acceptors (Lipinski definition) is 4. The Balaban J connectivity index is 2.38. The highest BCUT2D eigenvalue weighted by Gasteiger charge is 2.30. The average molecular weight is 288 g/mol. The summed E-state index contributed by atoms with van der Waals surface area (Å²) in [5.41, 5.74) is 0. The number of nitrogens with one attached hydrogen (secondary N) is 1. The molecule has 100 valence electrons. The number of rotatable bonds is 3.